The highest BCUT2D eigenvalue weighted by Gasteiger charge is 2.41. The number of carbonyl (C=O) groups excluding carboxylic acids is 4. The summed E-state index contributed by atoms with van der Waals surface area (Å²) >= 11 is 0. The van der Waals surface area contributed by atoms with E-state index < -0.39 is 0 Å². The van der Waals surface area contributed by atoms with Crippen molar-refractivity contribution in [1.82, 2.24) is 25.8 Å². The first-order chi connectivity index (χ1) is 21.5. The van der Waals surface area contributed by atoms with Crippen LogP contribution in [0.25, 0.3) is 0 Å². The van der Waals surface area contributed by atoms with Gasteiger partial charge < -0.3 is 35.1 Å². The summed E-state index contributed by atoms with van der Waals surface area (Å²) in [5.74, 6) is -0.147. The number of ether oxygens (including phenoxy) is 3. The highest BCUT2D eigenvalue weighted by Crippen LogP contribution is 2.30. The summed E-state index contributed by atoms with van der Waals surface area (Å²) in [5, 5.41) is 9.17. The highest BCUT2D eigenvalue weighted by atomic mass is 16.5. The molecule has 44 heavy (non-hydrogen) atoms. The Labute approximate surface area is 259 Å². The molecule has 1 aromatic rings. The number of benzene rings is 1. The van der Waals surface area contributed by atoms with E-state index in [1.165, 1.54) is 0 Å². The first-order valence-electron chi connectivity index (χ1n) is 16.1. The Morgan fingerprint density at radius 1 is 0.773 bits per heavy atom. The van der Waals surface area contributed by atoms with E-state index in [4.69, 9.17) is 14.2 Å². The summed E-state index contributed by atoms with van der Waals surface area (Å²) in [5.41, 5.74) is 0.654. The number of fused-ring (bicyclic) bond motifs is 3. The van der Waals surface area contributed by atoms with Gasteiger partial charge in [-0.2, -0.15) is 0 Å². The minimum absolute atomic E-state index is 0.00725. The molecule has 1 aromatic carbocycles. The summed E-state index contributed by atoms with van der Waals surface area (Å²) in [6.45, 7) is 4.77. The maximum Gasteiger partial charge on any atom is 0.253 e. The Balaban J connectivity index is 1.27. The molecule has 0 radical (unpaired) electrons. The Morgan fingerprint density at radius 3 is 2.36 bits per heavy atom. The van der Waals surface area contributed by atoms with Gasteiger partial charge in [-0.1, -0.05) is 18.2 Å². The fourth-order valence-corrected chi connectivity index (χ4v) is 6.99. The van der Waals surface area contributed by atoms with E-state index in [9.17, 15) is 19.2 Å². The molecule has 12 heteroatoms. The van der Waals surface area contributed by atoms with E-state index in [-0.39, 0.29) is 66.8 Å². The van der Waals surface area contributed by atoms with E-state index in [2.05, 4.69) is 20.9 Å². The lowest BCUT2D eigenvalue weighted by Crippen LogP contribution is -2.50. The standard InChI is InChI=1S/C32H47N5O7/c38-29-18-24-7-12-36(32(41)23-4-2-1-3-5-23)20-25(24)6-10-34-31(40)28-19-26(21-37(28)27-8-13-42-14-9-27)35-30(39)22-44-17-16-43-15-11-33-29/h1-5,24-28H,6-22H2,(H,33,38)(H,34,40)(H,35,39)/t24-,25-,26+,28+/m0/s1. The average molecular weight is 614 g/mol. The van der Waals surface area contributed by atoms with Crippen LogP contribution in [0.4, 0.5) is 0 Å². The second kappa shape index (κ2) is 16.3. The zero-order valence-corrected chi connectivity index (χ0v) is 25.5. The Morgan fingerprint density at radius 2 is 1.55 bits per heavy atom. The Hall–Kier alpha value is -3.06. The van der Waals surface area contributed by atoms with Crippen LogP contribution in [0.2, 0.25) is 0 Å². The zero-order chi connectivity index (χ0) is 30.7. The Kier molecular flexibility index (Phi) is 12.0. The molecule has 12 nitrogen and oxygen atoms in total. The number of rotatable bonds is 2. The minimum atomic E-state index is -0.351. The minimum Gasteiger partial charge on any atom is -0.381 e. The monoisotopic (exact) mass is 613 g/mol. The van der Waals surface area contributed by atoms with E-state index in [0.717, 1.165) is 19.3 Å². The van der Waals surface area contributed by atoms with Crippen LogP contribution >= 0.6 is 0 Å². The number of nitrogens with zero attached hydrogens (tertiary/aromatic N) is 2. The molecule has 4 atom stereocenters. The van der Waals surface area contributed by atoms with Crippen LogP contribution in [0.1, 0.15) is 48.9 Å². The van der Waals surface area contributed by atoms with Crippen LogP contribution in [0.5, 0.6) is 0 Å². The smallest absolute Gasteiger partial charge is 0.253 e. The quantitative estimate of drug-likeness (QED) is 0.440. The van der Waals surface area contributed by atoms with Crippen LogP contribution in [0, 0.1) is 11.8 Å². The predicted octanol–water partition coefficient (Wildman–Crippen LogP) is 0.562. The van der Waals surface area contributed by atoms with Crippen LogP contribution in [0.3, 0.4) is 0 Å². The summed E-state index contributed by atoms with van der Waals surface area (Å²) in [4.78, 5) is 56.5. The van der Waals surface area contributed by atoms with Crippen LogP contribution in [-0.2, 0) is 28.6 Å². The largest absolute Gasteiger partial charge is 0.381 e. The van der Waals surface area contributed by atoms with Crippen molar-refractivity contribution >= 4 is 23.6 Å². The fraction of sp³-hybridized carbons (Fsp3) is 0.688. The molecule has 242 valence electrons. The third-order valence-electron chi connectivity index (χ3n) is 9.30. The predicted molar refractivity (Wildman–Crippen MR) is 162 cm³/mol. The van der Waals surface area contributed by atoms with Crippen molar-refractivity contribution in [2.45, 2.75) is 56.7 Å². The van der Waals surface area contributed by atoms with Crippen molar-refractivity contribution in [2.75, 3.05) is 72.4 Å². The van der Waals surface area contributed by atoms with Crippen LogP contribution in [0.15, 0.2) is 30.3 Å². The number of nitrogens with one attached hydrogen (secondary N) is 3. The average Bonchev–Trinajstić information content (AvgIpc) is 3.47. The van der Waals surface area contributed by atoms with Gasteiger partial charge in [-0.15, -0.1) is 0 Å². The lowest BCUT2D eigenvalue weighted by Gasteiger charge is -2.39. The number of carbonyl (C=O) groups is 4. The van der Waals surface area contributed by atoms with E-state index >= 15 is 0 Å². The fourth-order valence-electron chi connectivity index (χ4n) is 6.99. The van der Waals surface area contributed by atoms with Crippen molar-refractivity contribution < 1.29 is 33.4 Å². The van der Waals surface area contributed by atoms with Gasteiger partial charge in [0.05, 0.1) is 25.9 Å². The zero-order valence-electron chi connectivity index (χ0n) is 25.5. The molecule has 0 aliphatic carbocycles. The molecule has 4 heterocycles. The van der Waals surface area contributed by atoms with Gasteiger partial charge in [0.25, 0.3) is 5.91 Å². The molecule has 4 fully saturated rings. The van der Waals surface area contributed by atoms with Crippen molar-refractivity contribution in [3.05, 3.63) is 35.9 Å². The molecule has 0 aromatic heterocycles. The van der Waals surface area contributed by atoms with Gasteiger partial charge in [0.1, 0.15) is 6.61 Å². The van der Waals surface area contributed by atoms with E-state index in [0.29, 0.717) is 84.0 Å². The number of hydrogen-bond donors (Lipinski definition) is 3. The molecule has 4 saturated heterocycles. The second-order valence-electron chi connectivity index (χ2n) is 12.3. The molecule has 0 saturated carbocycles. The Bertz CT molecular complexity index is 1120. The highest BCUT2D eigenvalue weighted by molar-refractivity contribution is 5.94. The van der Waals surface area contributed by atoms with Crippen LogP contribution in [-0.4, -0.2) is 124 Å². The van der Waals surface area contributed by atoms with Crippen molar-refractivity contribution in [1.29, 1.82) is 0 Å². The molecule has 0 unspecified atom stereocenters. The molecule has 4 aliphatic heterocycles. The first kappa shape index (κ1) is 32.3. The molecule has 2 bridgehead atoms. The molecule has 4 amide bonds. The molecule has 5 rings (SSSR count). The molecular formula is C32H47N5O7. The van der Waals surface area contributed by atoms with Gasteiger partial charge in [0, 0.05) is 70.0 Å². The topological polar surface area (TPSA) is 139 Å². The number of amides is 4. The van der Waals surface area contributed by atoms with Crippen molar-refractivity contribution in [2.24, 2.45) is 11.8 Å². The van der Waals surface area contributed by atoms with Gasteiger partial charge >= 0.3 is 0 Å². The molecular weight excluding hydrogens is 566 g/mol. The van der Waals surface area contributed by atoms with E-state index in [1.54, 1.807) is 0 Å². The summed E-state index contributed by atoms with van der Waals surface area (Å²) in [6, 6.07) is 9.00. The van der Waals surface area contributed by atoms with Gasteiger partial charge in [0.15, 0.2) is 0 Å². The van der Waals surface area contributed by atoms with Crippen LogP contribution < -0.4 is 16.0 Å². The third-order valence-corrected chi connectivity index (χ3v) is 9.30. The second-order valence-corrected chi connectivity index (χ2v) is 12.3. The maximum atomic E-state index is 13.6. The number of piperidine rings is 1. The number of hydrogen-bond acceptors (Lipinski definition) is 8. The first-order valence-corrected chi connectivity index (χ1v) is 16.1. The summed E-state index contributed by atoms with van der Waals surface area (Å²) < 4.78 is 16.6. The van der Waals surface area contributed by atoms with Gasteiger partial charge in [-0.05, 0) is 56.1 Å². The lowest BCUT2D eigenvalue weighted by atomic mass is 9.80. The number of likely N-dealkylation sites (tertiary alicyclic amines) is 2. The maximum absolute atomic E-state index is 13.6. The molecule has 0 spiro atoms. The molecule has 4 aliphatic rings. The van der Waals surface area contributed by atoms with Gasteiger partial charge in [-0.3, -0.25) is 24.1 Å². The lowest BCUT2D eigenvalue weighted by molar-refractivity contribution is -0.128. The normalized spacial score (nSPS) is 29.5. The van der Waals surface area contributed by atoms with E-state index in [1.807, 2.05) is 35.2 Å². The van der Waals surface area contributed by atoms with Gasteiger partial charge in [0.2, 0.25) is 17.7 Å². The summed E-state index contributed by atoms with van der Waals surface area (Å²) in [7, 11) is 0. The molecule has 3 N–H and O–H groups in total. The van der Waals surface area contributed by atoms with Crippen molar-refractivity contribution in [3.63, 3.8) is 0 Å². The van der Waals surface area contributed by atoms with Gasteiger partial charge in [-0.25, -0.2) is 0 Å². The SMILES string of the molecule is O=C1C[C@@H]2CCN(C(=O)c3ccccc3)C[C@@H]2CCNC(=O)[C@H]2C[C@H](CN2C2CCOCC2)NC(=O)COCCOCCN1. The third kappa shape index (κ3) is 8.99. The van der Waals surface area contributed by atoms with Crippen molar-refractivity contribution in [3.8, 4) is 0 Å². The summed E-state index contributed by atoms with van der Waals surface area (Å²) in [6.07, 6.45) is 3.98.